The summed E-state index contributed by atoms with van der Waals surface area (Å²) < 4.78 is 6.46. The summed E-state index contributed by atoms with van der Waals surface area (Å²) in [6, 6.07) is 6.97. The van der Waals surface area contributed by atoms with E-state index in [1.54, 1.807) is 29.2 Å². The van der Waals surface area contributed by atoms with Crippen LogP contribution in [0.3, 0.4) is 0 Å². The third-order valence-electron chi connectivity index (χ3n) is 3.04. The minimum atomic E-state index is -0.512. The highest BCUT2D eigenvalue weighted by Gasteiger charge is 2.27. The topological polar surface area (TPSA) is 81.4 Å². The number of benzene rings is 1. The number of anilines is 1. The standard InChI is InChI=1S/C14H15BrN4O3/c1-3-18(4-2)13-12(19(20)21)14(17-9-16-13)22-11-7-5-10(15)6-8-11/h5-9H,3-4H2,1-2H3. The molecule has 0 bridgehead atoms. The van der Waals surface area contributed by atoms with E-state index in [9.17, 15) is 10.1 Å². The van der Waals surface area contributed by atoms with Crippen molar-refractivity contribution in [3.05, 3.63) is 45.2 Å². The van der Waals surface area contributed by atoms with Crippen LogP contribution in [0.5, 0.6) is 11.6 Å². The van der Waals surface area contributed by atoms with Crippen LogP contribution in [0.1, 0.15) is 13.8 Å². The van der Waals surface area contributed by atoms with Gasteiger partial charge < -0.3 is 9.64 Å². The van der Waals surface area contributed by atoms with E-state index in [4.69, 9.17) is 4.74 Å². The second kappa shape index (κ2) is 7.17. The van der Waals surface area contributed by atoms with Crippen molar-refractivity contribution < 1.29 is 9.66 Å². The highest BCUT2D eigenvalue weighted by atomic mass is 79.9. The van der Waals surface area contributed by atoms with Gasteiger partial charge >= 0.3 is 11.6 Å². The summed E-state index contributed by atoms with van der Waals surface area (Å²) in [4.78, 5) is 20.7. The lowest BCUT2D eigenvalue weighted by Gasteiger charge is -2.19. The summed E-state index contributed by atoms with van der Waals surface area (Å²) in [5.41, 5.74) is -0.228. The zero-order valence-electron chi connectivity index (χ0n) is 12.2. The van der Waals surface area contributed by atoms with Gasteiger partial charge in [0.05, 0.1) is 4.92 Å². The van der Waals surface area contributed by atoms with Gasteiger partial charge in [0.25, 0.3) is 0 Å². The molecular formula is C14H15BrN4O3. The molecular weight excluding hydrogens is 352 g/mol. The van der Waals surface area contributed by atoms with Crippen molar-refractivity contribution in [2.45, 2.75) is 13.8 Å². The molecule has 0 radical (unpaired) electrons. The Morgan fingerprint density at radius 3 is 2.41 bits per heavy atom. The molecule has 0 fully saturated rings. The molecule has 1 aromatic heterocycles. The van der Waals surface area contributed by atoms with E-state index >= 15 is 0 Å². The van der Waals surface area contributed by atoms with Gasteiger partial charge in [-0.05, 0) is 38.1 Å². The SMILES string of the molecule is CCN(CC)c1ncnc(Oc2ccc(Br)cc2)c1[N+](=O)[O-]. The molecule has 116 valence electrons. The van der Waals surface area contributed by atoms with Crippen molar-refractivity contribution >= 4 is 27.4 Å². The summed E-state index contributed by atoms with van der Waals surface area (Å²) in [7, 11) is 0. The van der Waals surface area contributed by atoms with Crippen LogP contribution < -0.4 is 9.64 Å². The van der Waals surface area contributed by atoms with Gasteiger partial charge in [-0.15, -0.1) is 0 Å². The molecule has 0 saturated heterocycles. The smallest absolute Gasteiger partial charge is 0.373 e. The van der Waals surface area contributed by atoms with Crippen LogP contribution in [-0.2, 0) is 0 Å². The van der Waals surface area contributed by atoms with Gasteiger partial charge in [-0.2, -0.15) is 4.98 Å². The maximum atomic E-state index is 11.4. The average Bonchev–Trinajstić information content (AvgIpc) is 2.51. The maximum Gasteiger partial charge on any atom is 0.373 e. The summed E-state index contributed by atoms with van der Waals surface area (Å²) in [5.74, 6) is 0.664. The number of nitrogens with zero attached hydrogens (tertiary/aromatic N) is 4. The fraction of sp³-hybridized carbons (Fsp3) is 0.286. The number of halogens is 1. The van der Waals surface area contributed by atoms with Gasteiger partial charge in [-0.3, -0.25) is 10.1 Å². The number of hydrogen-bond donors (Lipinski definition) is 0. The van der Waals surface area contributed by atoms with Gasteiger partial charge in [0.1, 0.15) is 12.1 Å². The first-order valence-corrected chi connectivity index (χ1v) is 7.53. The van der Waals surface area contributed by atoms with Crippen LogP contribution in [0.4, 0.5) is 11.5 Å². The summed E-state index contributed by atoms with van der Waals surface area (Å²) in [6.07, 6.45) is 1.27. The van der Waals surface area contributed by atoms with Gasteiger partial charge in [-0.25, -0.2) is 4.98 Å². The molecule has 2 aromatic rings. The van der Waals surface area contributed by atoms with Gasteiger partial charge in [0.15, 0.2) is 0 Å². The first-order valence-electron chi connectivity index (χ1n) is 6.74. The van der Waals surface area contributed by atoms with Gasteiger partial charge in [0, 0.05) is 17.6 Å². The lowest BCUT2D eigenvalue weighted by molar-refractivity contribution is -0.385. The average molecular weight is 367 g/mol. The zero-order chi connectivity index (χ0) is 16.1. The van der Waals surface area contributed by atoms with E-state index in [2.05, 4.69) is 25.9 Å². The highest BCUT2D eigenvalue weighted by Crippen LogP contribution is 2.36. The third kappa shape index (κ3) is 3.51. The highest BCUT2D eigenvalue weighted by molar-refractivity contribution is 9.10. The predicted molar refractivity (Wildman–Crippen MR) is 86.5 cm³/mol. The normalized spacial score (nSPS) is 10.3. The second-order valence-corrected chi connectivity index (χ2v) is 5.25. The summed E-state index contributed by atoms with van der Waals surface area (Å²) >= 11 is 3.32. The Labute approximate surface area is 136 Å². The number of aromatic nitrogens is 2. The number of ether oxygens (including phenoxy) is 1. The summed E-state index contributed by atoms with van der Waals surface area (Å²) in [6.45, 7) is 5.02. The van der Waals surface area contributed by atoms with Gasteiger partial charge in [-0.1, -0.05) is 15.9 Å². The third-order valence-corrected chi connectivity index (χ3v) is 3.57. The Morgan fingerprint density at radius 1 is 1.23 bits per heavy atom. The predicted octanol–water partition coefficient (Wildman–Crippen LogP) is 3.79. The van der Waals surface area contributed by atoms with E-state index in [0.717, 1.165) is 4.47 Å². The van der Waals surface area contributed by atoms with Crippen molar-refractivity contribution in [3.8, 4) is 11.6 Å². The number of hydrogen-bond acceptors (Lipinski definition) is 6. The molecule has 1 aromatic carbocycles. The molecule has 22 heavy (non-hydrogen) atoms. The molecule has 0 N–H and O–H groups in total. The largest absolute Gasteiger partial charge is 0.434 e. The first-order chi connectivity index (χ1) is 10.6. The Hall–Kier alpha value is -2.22. The van der Waals surface area contributed by atoms with Crippen LogP contribution in [0.15, 0.2) is 35.1 Å². The van der Waals surface area contributed by atoms with E-state index in [1.165, 1.54) is 6.33 Å². The zero-order valence-corrected chi connectivity index (χ0v) is 13.8. The van der Waals surface area contributed by atoms with Crippen molar-refractivity contribution in [2.24, 2.45) is 0 Å². The Morgan fingerprint density at radius 2 is 1.86 bits per heavy atom. The molecule has 7 nitrogen and oxygen atoms in total. The fourth-order valence-electron chi connectivity index (χ4n) is 1.96. The monoisotopic (exact) mass is 366 g/mol. The summed E-state index contributed by atoms with van der Waals surface area (Å²) in [5, 5.41) is 11.4. The van der Waals surface area contributed by atoms with Crippen molar-refractivity contribution in [1.29, 1.82) is 0 Å². The Kier molecular flexibility index (Phi) is 5.26. The van der Waals surface area contributed by atoms with Gasteiger partial charge in [0.2, 0.25) is 5.82 Å². The molecule has 0 atom stereocenters. The van der Waals surface area contributed by atoms with E-state index in [1.807, 2.05) is 13.8 Å². The minimum absolute atomic E-state index is 0.0655. The van der Waals surface area contributed by atoms with E-state index < -0.39 is 4.92 Å². The van der Waals surface area contributed by atoms with Crippen LogP contribution in [0, 0.1) is 10.1 Å². The Balaban J connectivity index is 2.44. The van der Waals surface area contributed by atoms with Crippen LogP contribution in [0.25, 0.3) is 0 Å². The molecule has 0 saturated carbocycles. The van der Waals surface area contributed by atoms with Crippen LogP contribution in [-0.4, -0.2) is 28.0 Å². The maximum absolute atomic E-state index is 11.4. The second-order valence-electron chi connectivity index (χ2n) is 4.34. The quantitative estimate of drug-likeness (QED) is 0.571. The molecule has 0 unspecified atom stereocenters. The van der Waals surface area contributed by atoms with Crippen molar-refractivity contribution in [3.63, 3.8) is 0 Å². The lowest BCUT2D eigenvalue weighted by atomic mass is 10.3. The number of rotatable bonds is 6. The van der Waals surface area contributed by atoms with Crippen LogP contribution in [0.2, 0.25) is 0 Å². The molecule has 2 rings (SSSR count). The molecule has 0 aliphatic rings. The Bertz CT molecular complexity index is 660. The van der Waals surface area contributed by atoms with Crippen molar-refractivity contribution in [2.75, 3.05) is 18.0 Å². The van der Waals surface area contributed by atoms with Crippen LogP contribution >= 0.6 is 15.9 Å². The molecule has 0 amide bonds. The minimum Gasteiger partial charge on any atom is -0.434 e. The van der Waals surface area contributed by atoms with E-state index in [0.29, 0.717) is 18.8 Å². The van der Waals surface area contributed by atoms with E-state index in [-0.39, 0.29) is 17.4 Å². The molecule has 1 heterocycles. The molecule has 8 heteroatoms. The number of nitro groups is 1. The molecule has 0 spiro atoms. The molecule has 0 aliphatic heterocycles. The molecule has 0 aliphatic carbocycles. The van der Waals surface area contributed by atoms with Crippen molar-refractivity contribution in [1.82, 2.24) is 9.97 Å². The lowest BCUT2D eigenvalue weighted by Crippen LogP contribution is -2.24. The fourth-order valence-corrected chi connectivity index (χ4v) is 2.22. The first kappa shape index (κ1) is 16.2.